The number of halogens is 2. The van der Waals surface area contributed by atoms with Gasteiger partial charge in [-0.05, 0) is 40.2 Å². The molecule has 0 radical (unpaired) electrons. The lowest BCUT2D eigenvalue weighted by Crippen LogP contribution is -2.50. The molecule has 1 saturated heterocycles. The minimum atomic E-state index is -3.52. The number of carbonyl (C=O) groups is 1. The molecule has 0 saturated carbocycles. The van der Waals surface area contributed by atoms with Gasteiger partial charge in [-0.25, -0.2) is 13.4 Å². The number of sulfonamides is 1. The van der Waals surface area contributed by atoms with Gasteiger partial charge in [-0.15, -0.1) is 11.3 Å². The molecule has 3 heterocycles. The molecule has 0 aromatic carbocycles. The van der Waals surface area contributed by atoms with E-state index in [-0.39, 0.29) is 24.1 Å². The summed E-state index contributed by atoms with van der Waals surface area (Å²) in [5.74, 6) is -0.232. The molecule has 3 rings (SSSR count). The molecule has 2 aromatic heterocycles. The van der Waals surface area contributed by atoms with Gasteiger partial charge in [0.2, 0.25) is 0 Å². The molecule has 24 heavy (non-hydrogen) atoms. The zero-order valence-electron chi connectivity index (χ0n) is 12.4. The van der Waals surface area contributed by atoms with Gasteiger partial charge in [0.25, 0.3) is 15.9 Å². The van der Waals surface area contributed by atoms with E-state index in [1.54, 1.807) is 29.2 Å². The van der Waals surface area contributed by atoms with Gasteiger partial charge in [0, 0.05) is 32.4 Å². The van der Waals surface area contributed by atoms with Crippen molar-refractivity contribution in [2.45, 2.75) is 4.21 Å². The Labute approximate surface area is 157 Å². The summed E-state index contributed by atoms with van der Waals surface area (Å²) in [7, 11) is -3.52. The van der Waals surface area contributed by atoms with Gasteiger partial charge in [0.1, 0.15) is 9.36 Å². The van der Waals surface area contributed by atoms with Crippen molar-refractivity contribution in [2.24, 2.45) is 0 Å². The summed E-state index contributed by atoms with van der Waals surface area (Å²) in [5, 5.41) is 0.154. The molecule has 1 aliphatic rings. The fourth-order valence-corrected chi connectivity index (χ4v) is 6.20. The van der Waals surface area contributed by atoms with Gasteiger partial charge in [-0.1, -0.05) is 11.6 Å². The molecule has 0 unspecified atom stereocenters. The Morgan fingerprint density at radius 1 is 1.21 bits per heavy atom. The van der Waals surface area contributed by atoms with Crippen LogP contribution in [0.25, 0.3) is 0 Å². The van der Waals surface area contributed by atoms with Crippen molar-refractivity contribution in [3.63, 3.8) is 0 Å². The Kier molecular flexibility index (Phi) is 5.26. The second-order valence-electron chi connectivity index (χ2n) is 5.10. The first kappa shape index (κ1) is 17.8. The molecule has 0 aliphatic carbocycles. The van der Waals surface area contributed by atoms with E-state index in [1.165, 1.54) is 21.8 Å². The minimum absolute atomic E-state index is 0.154. The molecule has 1 aliphatic heterocycles. The highest BCUT2D eigenvalue weighted by atomic mass is 79.9. The van der Waals surface area contributed by atoms with Crippen molar-refractivity contribution >= 4 is 54.8 Å². The number of thiophene rings is 1. The Bertz CT molecular complexity index is 864. The minimum Gasteiger partial charge on any atom is -0.336 e. The molecule has 0 spiro atoms. The highest BCUT2D eigenvalue weighted by Gasteiger charge is 2.31. The number of hydrogen-bond donors (Lipinski definition) is 0. The van der Waals surface area contributed by atoms with Gasteiger partial charge in [0.15, 0.2) is 0 Å². The van der Waals surface area contributed by atoms with Crippen LogP contribution in [0.4, 0.5) is 0 Å². The van der Waals surface area contributed by atoms with Crippen LogP contribution in [0.5, 0.6) is 0 Å². The van der Waals surface area contributed by atoms with E-state index in [4.69, 9.17) is 11.6 Å². The SMILES string of the molecule is O=C(c1cccnc1Cl)N1CCN(S(=O)(=O)c2ccc(Br)s2)CC1. The van der Waals surface area contributed by atoms with Crippen molar-refractivity contribution in [2.75, 3.05) is 26.2 Å². The first-order valence-electron chi connectivity index (χ1n) is 7.05. The van der Waals surface area contributed by atoms with E-state index in [1.807, 2.05) is 0 Å². The van der Waals surface area contributed by atoms with E-state index in [2.05, 4.69) is 20.9 Å². The number of hydrogen-bond acceptors (Lipinski definition) is 5. The molecular weight excluding hydrogens is 438 g/mol. The van der Waals surface area contributed by atoms with Crippen LogP contribution >= 0.6 is 38.9 Å². The van der Waals surface area contributed by atoms with Gasteiger partial charge < -0.3 is 4.90 Å². The Balaban J connectivity index is 1.70. The fraction of sp³-hybridized carbons (Fsp3) is 0.286. The number of nitrogens with zero attached hydrogens (tertiary/aromatic N) is 3. The molecular formula is C14H13BrClN3O3S2. The van der Waals surface area contributed by atoms with E-state index in [9.17, 15) is 13.2 Å². The molecule has 2 aromatic rings. The quantitative estimate of drug-likeness (QED) is 0.674. The monoisotopic (exact) mass is 449 g/mol. The highest BCUT2D eigenvalue weighted by Crippen LogP contribution is 2.29. The summed E-state index contributed by atoms with van der Waals surface area (Å²) < 4.78 is 27.6. The first-order valence-corrected chi connectivity index (χ1v) is 10.5. The normalized spacial score (nSPS) is 16.3. The predicted molar refractivity (Wildman–Crippen MR) is 95.9 cm³/mol. The maximum atomic E-state index is 12.6. The molecule has 0 bridgehead atoms. The van der Waals surface area contributed by atoms with Gasteiger partial charge in [-0.2, -0.15) is 4.31 Å². The summed E-state index contributed by atoms with van der Waals surface area (Å²) in [6.07, 6.45) is 1.52. The Morgan fingerprint density at radius 2 is 1.92 bits per heavy atom. The number of amides is 1. The first-order chi connectivity index (χ1) is 11.4. The zero-order valence-corrected chi connectivity index (χ0v) is 16.3. The van der Waals surface area contributed by atoms with Crippen LogP contribution in [0.15, 0.2) is 38.5 Å². The Hall–Kier alpha value is -1.000. The lowest BCUT2D eigenvalue weighted by molar-refractivity contribution is 0.0697. The van der Waals surface area contributed by atoms with Crippen molar-refractivity contribution in [3.05, 3.63) is 45.0 Å². The van der Waals surface area contributed by atoms with Crippen LogP contribution in [0.1, 0.15) is 10.4 Å². The summed E-state index contributed by atoms with van der Waals surface area (Å²) in [6, 6.07) is 6.55. The number of pyridine rings is 1. The summed E-state index contributed by atoms with van der Waals surface area (Å²) in [5.41, 5.74) is 0.331. The Morgan fingerprint density at radius 3 is 2.50 bits per heavy atom. The predicted octanol–water partition coefficient (Wildman–Crippen LogP) is 2.71. The van der Waals surface area contributed by atoms with Crippen molar-refractivity contribution in [1.29, 1.82) is 0 Å². The highest BCUT2D eigenvalue weighted by molar-refractivity contribution is 9.11. The number of piperazine rings is 1. The van der Waals surface area contributed by atoms with Crippen LogP contribution in [-0.2, 0) is 10.0 Å². The lowest BCUT2D eigenvalue weighted by Gasteiger charge is -2.33. The maximum absolute atomic E-state index is 12.6. The van der Waals surface area contributed by atoms with Crippen LogP contribution in [0.3, 0.4) is 0 Å². The summed E-state index contributed by atoms with van der Waals surface area (Å²) >= 11 is 10.4. The van der Waals surface area contributed by atoms with E-state index >= 15 is 0 Å². The third-order valence-electron chi connectivity index (χ3n) is 3.66. The average Bonchev–Trinajstić information content (AvgIpc) is 3.02. The molecule has 0 N–H and O–H groups in total. The summed E-state index contributed by atoms with van der Waals surface area (Å²) in [4.78, 5) is 18.0. The largest absolute Gasteiger partial charge is 0.336 e. The standard InChI is InChI=1S/C14H13BrClN3O3S2/c15-11-3-4-12(23-11)24(21,22)19-8-6-18(7-9-19)14(20)10-2-1-5-17-13(10)16/h1-5H,6-9H2. The molecule has 1 fully saturated rings. The van der Waals surface area contributed by atoms with Crippen molar-refractivity contribution in [3.8, 4) is 0 Å². The zero-order chi connectivity index (χ0) is 17.3. The number of rotatable bonds is 3. The van der Waals surface area contributed by atoms with Crippen LogP contribution in [-0.4, -0.2) is 54.7 Å². The van der Waals surface area contributed by atoms with Crippen LogP contribution in [0, 0.1) is 0 Å². The van der Waals surface area contributed by atoms with E-state index < -0.39 is 10.0 Å². The van der Waals surface area contributed by atoms with Crippen LogP contribution < -0.4 is 0 Å². The summed E-state index contributed by atoms with van der Waals surface area (Å²) in [6.45, 7) is 1.13. The van der Waals surface area contributed by atoms with Crippen molar-refractivity contribution in [1.82, 2.24) is 14.2 Å². The molecule has 1 amide bonds. The van der Waals surface area contributed by atoms with E-state index in [0.29, 0.717) is 22.9 Å². The second-order valence-corrected chi connectivity index (χ2v) is 10.1. The second kappa shape index (κ2) is 7.09. The maximum Gasteiger partial charge on any atom is 0.257 e. The lowest BCUT2D eigenvalue weighted by atomic mass is 10.2. The number of carbonyl (C=O) groups excluding carboxylic acids is 1. The number of aromatic nitrogens is 1. The smallest absolute Gasteiger partial charge is 0.257 e. The molecule has 128 valence electrons. The van der Waals surface area contributed by atoms with Gasteiger partial charge >= 0.3 is 0 Å². The molecule has 6 nitrogen and oxygen atoms in total. The van der Waals surface area contributed by atoms with Crippen molar-refractivity contribution < 1.29 is 13.2 Å². The third kappa shape index (κ3) is 3.50. The van der Waals surface area contributed by atoms with Crippen LogP contribution in [0.2, 0.25) is 5.15 Å². The van der Waals surface area contributed by atoms with Gasteiger partial charge in [-0.3, -0.25) is 4.79 Å². The average molecular weight is 451 g/mol. The molecule has 0 atom stereocenters. The topological polar surface area (TPSA) is 70.6 Å². The fourth-order valence-electron chi connectivity index (χ4n) is 2.41. The van der Waals surface area contributed by atoms with Gasteiger partial charge in [0.05, 0.1) is 9.35 Å². The van der Waals surface area contributed by atoms with E-state index in [0.717, 1.165) is 3.79 Å². The third-order valence-corrected chi connectivity index (χ3v) is 7.95. The molecule has 10 heteroatoms.